The fourth-order valence-electron chi connectivity index (χ4n) is 1.72. The van der Waals surface area contributed by atoms with E-state index in [1.165, 1.54) is 24.9 Å². The molecule has 0 saturated heterocycles. The molecule has 2 aromatic rings. The average molecular weight is 330 g/mol. The molecular formula is C13H13F3N4OS. The number of anilines is 1. The van der Waals surface area contributed by atoms with Gasteiger partial charge in [-0.25, -0.2) is 4.98 Å². The Kier molecular flexibility index (Phi) is 4.74. The van der Waals surface area contributed by atoms with Gasteiger partial charge in [-0.1, -0.05) is 6.92 Å². The lowest BCUT2D eigenvalue weighted by molar-refractivity contribution is -0.141. The molecule has 5 nitrogen and oxygen atoms in total. The zero-order valence-corrected chi connectivity index (χ0v) is 12.6. The maximum atomic E-state index is 12.6. The van der Waals surface area contributed by atoms with Gasteiger partial charge in [-0.2, -0.15) is 18.3 Å². The van der Waals surface area contributed by atoms with E-state index in [0.717, 1.165) is 10.8 Å². The van der Waals surface area contributed by atoms with E-state index < -0.39 is 17.8 Å². The molecule has 0 bridgehead atoms. The van der Waals surface area contributed by atoms with E-state index in [1.54, 1.807) is 12.1 Å². The number of rotatable bonds is 4. The third-order valence-electron chi connectivity index (χ3n) is 2.82. The fraction of sp³-hybridized carbons (Fsp3) is 0.308. The van der Waals surface area contributed by atoms with E-state index in [0.29, 0.717) is 0 Å². The van der Waals surface area contributed by atoms with Crippen LogP contribution in [0.2, 0.25) is 0 Å². The molecule has 2 heterocycles. The summed E-state index contributed by atoms with van der Waals surface area (Å²) in [6.45, 7) is 3.22. The number of halogens is 3. The van der Waals surface area contributed by atoms with Gasteiger partial charge in [-0.15, -0.1) is 11.8 Å². The minimum absolute atomic E-state index is 0.149. The van der Waals surface area contributed by atoms with Crippen molar-refractivity contribution in [3.63, 3.8) is 0 Å². The van der Waals surface area contributed by atoms with Crippen LogP contribution in [0.15, 0.2) is 23.4 Å². The van der Waals surface area contributed by atoms with Crippen LogP contribution in [0.3, 0.4) is 0 Å². The summed E-state index contributed by atoms with van der Waals surface area (Å²) < 4.78 is 37.9. The number of amides is 1. The molecule has 0 spiro atoms. The smallest absolute Gasteiger partial charge is 0.305 e. The molecule has 0 aromatic carbocycles. The van der Waals surface area contributed by atoms with Gasteiger partial charge in [-0.05, 0) is 24.8 Å². The first-order chi connectivity index (χ1) is 10.3. The molecule has 0 aliphatic carbocycles. The maximum absolute atomic E-state index is 12.6. The number of thioether (sulfide) groups is 1. The Bertz CT molecular complexity index is 667. The van der Waals surface area contributed by atoms with Gasteiger partial charge < -0.3 is 5.32 Å². The van der Waals surface area contributed by atoms with Gasteiger partial charge in [0.2, 0.25) is 0 Å². The molecule has 0 atom stereocenters. The van der Waals surface area contributed by atoms with Gasteiger partial charge in [0.15, 0.2) is 5.82 Å². The van der Waals surface area contributed by atoms with Crippen molar-refractivity contribution in [2.75, 3.05) is 11.1 Å². The quantitative estimate of drug-likeness (QED) is 0.842. The normalized spacial score (nSPS) is 11.5. The SMILES string of the molecule is CCSc1ccc(C(=O)Nc2n[nH]c(C(F)(F)F)c2C)cn1. The number of alkyl halides is 3. The highest BCUT2D eigenvalue weighted by atomic mass is 32.2. The molecule has 2 N–H and O–H groups in total. The molecule has 0 unspecified atom stereocenters. The predicted molar refractivity (Wildman–Crippen MR) is 76.9 cm³/mol. The Hall–Kier alpha value is -2.03. The van der Waals surface area contributed by atoms with E-state index in [-0.39, 0.29) is 16.9 Å². The Balaban J connectivity index is 2.14. The van der Waals surface area contributed by atoms with Crippen LogP contribution in [0, 0.1) is 6.92 Å². The molecule has 2 aromatic heterocycles. The van der Waals surface area contributed by atoms with Crippen LogP contribution in [0.5, 0.6) is 0 Å². The van der Waals surface area contributed by atoms with Crippen molar-refractivity contribution in [1.29, 1.82) is 0 Å². The minimum Gasteiger partial charge on any atom is -0.305 e. The number of nitrogens with one attached hydrogen (secondary N) is 2. The summed E-state index contributed by atoms with van der Waals surface area (Å²) >= 11 is 1.52. The van der Waals surface area contributed by atoms with Crippen molar-refractivity contribution >= 4 is 23.5 Å². The molecule has 22 heavy (non-hydrogen) atoms. The topological polar surface area (TPSA) is 70.7 Å². The molecule has 9 heteroatoms. The second kappa shape index (κ2) is 6.39. The van der Waals surface area contributed by atoms with E-state index in [4.69, 9.17) is 0 Å². The van der Waals surface area contributed by atoms with Crippen molar-refractivity contribution in [3.05, 3.63) is 35.2 Å². The lowest BCUT2D eigenvalue weighted by atomic mass is 10.2. The maximum Gasteiger partial charge on any atom is 0.433 e. The van der Waals surface area contributed by atoms with Gasteiger partial charge in [0.1, 0.15) is 5.69 Å². The second-order valence-electron chi connectivity index (χ2n) is 4.34. The fourth-order valence-corrected chi connectivity index (χ4v) is 2.31. The number of nitrogens with zero attached hydrogens (tertiary/aromatic N) is 2. The largest absolute Gasteiger partial charge is 0.433 e. The zero-order valence-electron chi connectivity index (χ0n) is 11.8. The molecule has 0 saturated carbocycles. The zero-order chi connectivity index (χ0) is 16.3. The Morgan fingerprint density at radius 2 is 2.14 bits per heavy atom. The number of carbonyl (C=O) groups excluding carboxylic acids is 1. The Morgan fingerprint density at radius 1 is 1.41 bits per heavy atom. The van der Waals surface area contributed by atoms with Crippen LogP contribution >= 0.6 is 11.8 Å². The summed E-state index contributed by atoms with van der Waals surface area (Å²) in [5, 5.41) is 8.50. The Labute approximate surface area is 128 Å². The average Bonchev–Trinajstić information content (AvgIpc) is 2.81. The van der Waals surface area contributed by atoms with Gasteiger partial charge in [0.25, 0.3) is 5.91 Å². The molecule has 0 aliphatic heterocycles. The highest BCUT2D eigenvalue weighted by Gasteiger charge is 2.36. The van der Waals surface area contributed by atoms with Crippen molar-refractivity contribution < 1.29 is 18.0 Å². The Morgan fingerprint density at radius 3 is 2.64 bits per heavy atom. The monoisotopic (exact) mass is 330 g/mol. The summed E-state index contributed by atoms with van der Waals surface area (Å²) in [7, 11) is 0. The van der Waals surface area contributed by atoms with E-state index >= 15 is 0 Å². The molecule has 0 radical (unpaired) electrons. The highest BCUT2D eigenvalue weighted by Crippen LogP contribution is 2.32. The van der Waals surface area contributed by atoms with Crippen molar-refractivity contribution in [3.8, 4) is 0 Å². The number of aromatic amines is 1. The van der Waals surface area contributed by atoms with E-state index in [1.807, 2.05) is 12.0 Å². The summed E-state index contributed by atoms with van der Waals surface area (Å²) in [6.07, 6.45) is -3.17. The van der Waals surface area contributed by atoms with Gasteiger partial charge in [0, 0.05) is 11.8 Å². The van der Waals surface area contributed by atoms with Crippen molar-refractivity contribution in [1.82, 2.24) is 15.2 Å². The summed E-state index contributed by atoms with van der Waals surface area (Å²) in [4.78, 5) is 16.1. The van der Waals surface area contributed by atoms with Crippen LogP contribution in [0.4, 0.5) is 19.0 Å². The van der Waals surface area contributed by atoms with E-state index in [2.05, 4.69) is 15.4 Å². The molecule has 118 valence electrons. The standard InChI is InChI=1S/C13H13F3N4OS/c1-3-22-9-5-4-8(6-17-9)12(21)18-11-7(2)10(19-20-11)13(14,15)16/h4-6H,3H2,1-2H3,(H2,18,19,20,21). The third-order valence-corrected chi connectivity index (χ3v) is 3.64. The van der Waals surface area contributed by atoms with Crippen LogP contribution in [0.1, 0.15) is 28.5 Å². The third kappa shape index (κ3) is 3.59. The lowest BCUT2D eigenvalue weighted by Gasteiger charge is -2.06. The van der Waals surface area contributed by atoms with Crippen LogP contribution in [-0.4, -0.2) is 26.8 Å². The number of hydrogen-bond acceptors (Lipinski definition) is 4. The number of carbonyl (C=O) groups is 1. The summed E-state index contributed by atoms with van der Waals surface area (Å²) in [5.74, 6) is 0.138. The van der Waals surface area contributed by atoms with E-state index in [9.17, 15) is 18.0 Å². The summed E-state index contributed by atoms with van der Waals surface area (Å²) in [5.41, 5.74) is -0.890. The molecule has 1 amide bonds. The second-order valence-corrected chi connectivity index (χ2v) is 5.63. The minimum atomic E-state index is -4.54. The molecular weight excluding hydrogens is 317 g/mol. The first kappa shape index (κ1) is 16.3. The number of pyridine rings is 1. The molecule has 2 rings (SSSR count). The van der Waals surface area contributed by atoms with Crippen LogP contribution < -0.4 is 5.32 Å². The van der Waals surface area contributed by atoms with Crippen molar-refractivity contribution in [2.24, 2.45) is 0 Å². The molecule has 0 fully saturated rings. The first-order valence-electron chi connectivity index (χ1n) is 6.35. The lowest BCUT2D eigenvalue weighted by Crippen LogP contribution is -2.13. The highest BCUT2D eigenvalue weighted by molar-refractivity contribution is 7.99. The van der Waals surface area contributed by atoms with Gasteiger partial charge >= 0.3 is 6.18 Å². The summed E-state index contributed by atoms with van der Waals surface area (Å²) in [6, 6.07) is 3.24. The molecule has 0 aliphatic rings. The van der Waals surface area contributed by atoms with Gasteiger partial charge in [-0.3, -0.25) is 9.89 Å². The first-order valence-corrected chi connectivity index (χ1v) is 7.33. The van der Waals surface area contributed by atoms with Crippen LogP contribution in [0.25, 0.3) is 0 Å². The van der Waals surface area contributed by atoms with Crippen LogP contribution in [-0.2, 0) is 6.18 Å². The van der Waals surface area contributed by atoms with Gasteiger partial charge in [0.05, 0.1) is 10.6 Å². The number of aromatic nitrogens is 3. The van der Waals surface area contributed by atoms with Crippen molar-refractivity contribution in [2.45, 2.75) is 25.0 Å². The number of hydrogen-bond donors (Lipinski definition) is 2. The number of H-pyrrole nitrogens is 1. The predicted octanol–water partition coefficient (Wildman–Crippen LogP) is 3.50.